The zero-order chi connectivity index (χ0) is 11.2. The van der Waals surface area contributed by atoms with Gasteiger partial charge in [0.1, 0.15) is 0 Å². The molecule has 2 N–H and O–H groups in total. The van der Waals surface area contributed by atoms with Crippen LogP contribution in [-0.2, 0) is 5.54 Å². The summed E-state index contributed by atoms with van der Waals surface area (Å²) in [4.78, 5) is 0. The van der Waals surface area contributed by atoms with Gasteiger partial charge in [0.2, 0.25) is 0 Å². The van der Waals surface area contributed by atoms with E-state index in [4.69, 9.17) is 5.73 Å². The molecule has 1 aromatic rings. The number of hydrogen-bond acceptors (Lipinski definition) is 1. The molecule has 2 aliphatic rings. The van der Waals surface area contributed by atoms with Crippen LogP contribution in [0.1, 0.15) is 43.2 Å². The molecule has 3 rings (SSSR count). The molecule has 2 heteroatoms. The Labute approximate surface area is 110 Å². The summed E-state index contributed by atoms with van der Waals surface area (Å²) >= 11 is 0. The maximum absolute atomic E-state index is 6.69. The van der Waals surface area contributed by atoms with E-state index >= 15 is 0 Å². The molecule has 0 saturated carbocycles. The van der Waals surface area contributed by atoms with Gasteiger partial charge in [-0.3, -0.25) is 0 Å². The van der Waals surface area contributed by atoms with Gasteiger partial charge in [-0.15, -0.1) is 12.4 Å². The van der Waals surface area contributed by atoms with Crippen LogP contribution < -0.4 is 5.73 Å². The third-order valence-electron chi connectivity index (χ3n) is 4.40. The van der Waals surface area contributed by atoms with Crippen molar-refractivity contribution in [2.75, 3.05) is 0 Å². The zero-order valence-corrected chi connectivity index (χ0v) is 11.0. The molecule has 1 nitrogen and oxygen atoms in total. The number of allylic oxidation sites excluding steroid dienone is 1. The fourth-order valence-electron chi connectivity index (χ4n) is 3.46. The highest BCUT2D eigenvalue weighted by molar-refractivity contribution is 5.85. The van der Waals surface area contributed by atoms with Gasteiger partial charge in [-0.05, 0) is 42.2 Å². The summed E-state index contributed by atoms with van der Waals surface area (Å²) in [6.07, 6.45) is 7.94. The summed E-state index contributed by atoms with van der Waals surface area (Å²) in [5, 5.41) is 0. The lowest BCUT2D eigenvalue weighted by Gasteiger charge is -2.46. The van der Waals surface area contributed by atoms with E-state index in [1.807, 2.05) is 0 Å². The van der Waals surface area contributed by atoms with Crippen molar-refractivity contribution in [1.82, 2.24) is 0 Å². The van der Waals surface area contributed by atoms with Gasteiger partial charge in [0.05, 0.1) is 0 Å². The third-order valence-corrected chi connectivity index (χ3v) is 4.40. The molecule has 0 fully saturated rings. The quantitative estimate of drug-likeness (QED) is 0.697. The Balaban J connectivity index is 0.00000108. The molecule has 0 spiro atoms. The Morgan fingerprint density at radius 2 is 2.00 bits per heavy atom. The lowest BCUT2D eigenvalue weighted by atomic mass is 9.62. The van der Waals surface area contributed by atoms with Crippen molar-refractivity contribution in [2.24, 2.45) is 11.7 Å². The van der Waals surface area contributed by atoms with Crippen molar-refractivity contribution in [1.29, 1.82) is 0 Å². The second-order valence-electron chi connectivity index (χ2n) is 5.37. The van der Waals surface area contributed by atoms with E-state index in [2.05, 4.69) is 43.3 Å². The van der Waals surface area contributed by atoms with Crippen molar-refractivity contribution < 1.29 is 0 Å². The highest BCUT2D eigenvalue weighted by atomic mass is 35.5. The zero-order valence-electron chi connectivity index (χ0n) is 10.2. The van der Waals surface area contributed by atoms with Crippen molar-refractivity contribution in [3.05, 3.63) is 47.5 Å². The number of benzene rings is 1. The molecule has 0 bridgehead atoms. The van der Waals surface area contributed by atoms with Gasteiger partial charge in [0.15, 0.2) is 0 Å². The molecule has 3 unspecified atom stereocenters. The number of halogens is 1. The first-order valence-electron chi connectivity index (χ1n) is 6.25. The average Bonchev–Trinajstić information content (AvgIpc) is 2.31. The third kappa shape index (κ3) is 1.82. The van der Waals surface area contributed by atoms with Gasteiger partial charge < -0.3 is 5.73 Å². The Morgan fingerprint density at radius 3 is 2.82 bits per heavy atom. The maximum Gasteiger partial charge on any atom is 0.0479 e. The summed E-state index contributed by atoms with van der Waals surface area (Å²) in [6, 6.07) is 8.75. The van der Waals surface area contributed by atoms with Gasteiger partial charge in [-0.25, -0.2) is 0 Å². The van der Waals surface area contributed by atoms with Crippen molar-refractivity contribution in [2.45, 2.75) is 37.6 Å². The number of rotatable bonds is 0. The Kier molecular flexibility index (Phi) is 3.33. The average molecular weight is 250 g/mol. The van der Waals surface area contributed by atoms with Crippen molar-refractivity contribution >= 4 is 12.4 Å². The normalized spacial score (nSPS) is 34.5. The summed E-state index contributed by atoms with van der Waals surface area (Å²) in [6.45, 7) is 2.33. The van der Waals surface area contributed by atoms with Crippen LogP contribution in [0.4, 0.5) is 0 Å². The van der Waals surface area contributed by atoms with Crippen LogP contribution in [0.2, 0.25) is 0 Å². The predicted octanol–water partition coefficient (Wildman–Crippen LogP) is 3.74. The summed E-state index contributed by atoms with van der Waals surface area (Å²) < 4.78 is 0. The second-order valence-corrected chi connectivity index (χ2v) is 5.37. The van der Waals surface area contributed by atoms with E-state index in [0.29, 0.717) is 11.8 Å². The Morgan fingerprint density at radius 1 is 1.24 bits per heavy atom. The molecule has 17 heavy (non-hydrogen) atoms. The summed E-state index contributed by atoms with van der Waals surface area (Å²) in [7, 11) is 0. The number of fused-ring (bicyclic) bond motifs is 3. The molecular formula is C15H20ClN. The molecular weight excluding hydrogens is 230 g/mol. The van der Waals surface area contributed by atoms with Gasteiger partial charge in [-0.2, -0.15) is 0 Å². The van der Waals surface area contributed by atoms with Gasteiger partial charge in [-0.1, -0.05) is 43.3 Å². The maximum atomic E-state index is 6.69. The van der Waals surface area contributed by atoms with Crippen LogP contribution in [0.5, 0.6) is 0 Å². The van der Waals surface area contributed by atoms with Crippen LogP contribution in [0, 0.1) is 5.92 Å². The minimum atomic E-state index is -0.0994. The van der Waals surface area contributed by atoms with Gasteiger partial charge in [0, 0.05) is 5.54 Å². The van der Waals surface area contributed by atoms with E-state index in [-0.39, 0.29) is 17.9 Å². The SMILES string of the molecule is CC1CC2CC=CCC2(N)c2ccccc21.Cl. The highest BCUT2D eigenvalue weighted by Crippen LogP contribution is 2.48. The minimum Gasteiger partial charge on any atom is -0.321 e. The fourth-order valence-corrected chi connectivity index (χ4v) is 3.46. The Hall–Kier alpha value is -0.790. The molecule has 0 aliphatic heterocycles. The lowest BCUT2D eigenvalue weighted by molar-refractivity contribution is 0.217. The molecule has 1 aromatic carbocycles. The smallest absolute Gasteiger partial charge is 0.0479 e. The highest BCUT2D eigenvalue weighted by Gasteiger charge is 2.42. The van der Waals surface area contributed by atoms with E-state index in [9.17, 15) is 0 Å². The largest absolute Gasteiger partial charge is 0.321 e. The molecule has 0 saturated heterocycles. The number of nitrogens with two attached hydrogens (primary N) is 1. The van der Waals surface area contributed by atoms with Crippen LogP contribution in [0.25, 0.3) is 0 Å². The van der Waals surface area contributed by atoms with Crippen LogP contribution in [0.15, 0.2) is 36.4 Å². The number of hydrogen-bond donors (Lipinski definition) is 1. The second kappa shape index (κ2) is 4.47. The molecule has 0 aromatic heterocycles. The molecule has 0 amide bonds. The van der Waals surface area contributed by atoms with E-state index in [1.165, 1.54) is 17.5 Å². The van der Waals surface area contributed by atoms with Gasteiger partial charge in [0.25, 0.3) is 0 Å². The van der Waals surface area contributed by atoms with Crippen LogP contribution >= 0.6 is 12.4 Å². The predicted molar refractivity (Wildman–Crippen MR) is 74.5 cm³/mol. The first kappa shape index (κ1) is 12.7. The molecule has 0 radical (unpaired) electrons. The molecule has 0 heterocycles. The molecule has 92 valence electrons. The lowest BCUT2D eigenvalue weighted by Crippen LogP contribution is -2.48. The minimum absolute atomic E-state index is 0. The standard InChI is InChI=1S/C15H19N.ClH/c1-11-10-12-6-4-5-9-15(12,16)14-8-3-2-7-13(11)14;/h2-5,7-8,11-12H,6,9-10,16H2,1H3;1H. The van der Waals surface area contributed by atoms with Gasteiger partial charge >= 0.3 is 0 Å². The first-order chi connectivity index (χ1) is 7.72. The Bertz CT molecular complexity index is 440. The topological polar surface area (TPSA) is 26.0 Å². The van der Waals surface area contributed by atoms with E-state index < -0.39 is 0 Å². The van der Waals surface area contributed by atoms with Crippen LogP contribution in [0.3, 0.4) is 0 Å². The summed E-state index contributed by atoms with van der Waals surface area (Å²) in [5.41, 5.74) is 9.45. The van der Waals surface area contributed by atoms with E-state index in [0.717, 1.165) is 12.8 Å². The van der Waals surface area contributed by atoms with Crippen molar-refractivity contribution in [3.63, 3.8) is 0 Å². The monoisotopic (exact) mass is 249 g/mol. The summed E-state index contributed by atoms with van der Waals surface area (Å²) in [5.74, 6) is 1.28. The van der Waals surface area contributed by atoms with Crippen LogP contribution in [-0.4, -0.2) is 0 Å². The molecule has 2 aliphatic carbocycles. The molecule has 3 atom stereocenters. The first-order valence-corrected chi connectivity index (χ1v) is 6.25. The van der Waals surface area contributed by atoms with E-state index in [1.54, 1.807) is 0 Å². The fraction of sp³-hybridized carbons (Fsp3) is 0.467. The van der Waals surface area contributed by atoms with Crippen molar-refractivity contribution in [3.8, 4) is 0 Å².